The zero-order valence-corrected chi connectivity index (χ0v) is 20.3. The average molecular weight is 497 g/mol. The van der Waals surface area contributed by atoms with Crippen molar-refractivity contribution in [2.45, 2.75) is 26.2 Å². The van der Waals surface area contributed by atoms with Crippen molar-refractivity contribution in [2.75, 3.05) is 40.1 Å². The first kappa shape index (κ1) is 27.6. The molecule has 0 unspecified atom stereocenters. The molecule has 0 spiro atoms. The van der Waals surface area contributed by atoms with Gasteiger partial charge in [0.25, 0.3) is 11.8 Å². The first-order valence-corrected chi connectivity index (χ1v) is 11.7. The Balaban J connectivity index is 0.000000387. The van der Waals surface area contributed by atoms with Gasteiger partial charge in [0.15, 0.2) is 5.75 Å². The Morgan fingerprint density at radius 1 is 1.12 bits per heavy atom. The number of aliphatic hydroxyl groups is 1. The van der Waals surface area contributed by atoms with Crippen LogP contribution in [0.1, 0.15) is 35.5 Å². The van der Waals surface area contributed by atoms with Crippen molar-refractivity contribution in [3.8, 4) is 11.5 Å². The van der Waals surface area contributed by atoms with Crippen LogP contribution in [0, 0.1) is 0 Å². The number of hydrogen-bond acceptors (Lipinski definition) is 7. The first-order valence-electron chi connectivity index (χ1n) is 10.9. The minimum Gasteiger partial charge on any atom is -0.455 e. The summed E-state index contributed by atoms with van der Waals surface area (Å²) in [5.41, 5.74) is -0.295. The molecule has 34 heavy (non-hydrogen) atoms. The van der Waals surface area contributed by atoms with Gasteiger partial charge >= 0.3 is 0 Å². The highest BCUT2D eigenvalue weighted by molar-refractivity contribution is 7.20. The minimum absolute atomic E-state index is 0.206. The number of aliphatic hydroxyl groups excluding tert-OH is 1. The number of nitrogens with zero attached hydrogens (tertiary/aromatic N) is 1. The molecule has 2 N–H and O–H groups in total. The molecule has 0 saturated heterocycles. The Kier molecular flexibility index (Phi) is 11.3. The maximum atomic E-state index is 13.4. The van der Waals surface area contributed by atoms with E-state index in [1.807, 2.05) is 6.92 Å². The van der Waals surface area contributed by atoms with E-state index in [-0.39, 0.29) is 11.5 Å². The van der Waals surface area contributed by atoms with Crippen molar-refractivity contribution < 1.29 is 32.9 Å². The van der Waals surface area contributed by atoms with Gasteiger partial charge in [0.05, 0.1) is 29.0 Å². The highest BCUT2D eigenvalue weighted by atomic mass is 32.1. The van der Waals surface area contributed by atoms with Crippen LogP contribution >= 0.6 is 11.3 Å². The van der Waals surface area contributed by atoms with Gasteiger partial charge in [-0.25, -0.2) is 0 Å². The van der Waals surface area contributed by atoms with Gasteiger partial charge in [0.1, 0.15) is 12.4 Å². The maximum absolute atomic E-state index is 13.4. The molecule has 0 aliphatic carbocycles. The van der Waals surface area contributed by atoms with Crippen molar-refractivity contribution >= 4 is 27.3 Å². The van der Waals surface area contributed by atoms with Crippen molar-refractivity contribution in [1.29, 1.82) is 0 Å². The predicted molar refractivity (Wildman–Crippen MR) is 128 cm³/mol. The number of carbonyl (C=O) groups excluding carboxylic acids is 1. The van der Waals surface area contributed by atoms with Crippen molar-refractivity contribution in [3.63, 3.8) is 0 Å². The second-order valence-electron chi connectivity index (χ2n) is 7.04. The number of nitrogens with one attached hydrogen (secondary N) is 1. The lowest BCUT2D eigenvalue weighted by atomic mass is 10.1. The van der Waals surface area contributed by atoms with E-state index in [4.69, 9.17) is 19.3 Å². The molecule has 3 rings (SSSR count). The van der Waals surface area contributed by atoms with Crippen molar-refractivity contribution in [2.24, 2.45) is 0 Å². The van der Waals surface area contributed by atoms with Gasteiger partial charge in [0, 0.05) is 37.4 Å². The van der Waals surface area contributed by atoms with E-state index in [0.717, 1.165) is 37.5 Å². The van der Waals surface area contributed by atoms with Crippen LogP contribution in [0.3, 0.4) is 0 Å². The molecule has 2 aromatic heterocycles. The fourth-order valence-electron chi connectivity index (χ4n) is 2.75. The molecule has 0 fully saturated rings. The van der Waals surface area contributed by atoms with Crippen LogP contribution in [0.4, 0.5) is 8.78 Å². The lowest BCUT2D eigenvalue weighted by Crippen LogP contribution is -2.18. The number of benzene rings is 1. The number of halogens is 2. The largest absolute Gasteiger partial charge is 0.455 e. The molecule has 0 aliphatic rings. The quantitative estimate of drug-likeness (QED) is 0.364. The predicted octanol–water partition coefficient (Wildman–Crippen LogP) is 4.98. The SMILES string of the molecule is CCCOCCOCC.CNC(=O)c1cc2c(Oc3ccc(C(F)(F)CO)cc3)cncc2s1. The smallest absolute Gasteiger partial charge is 0.295 e. The van der Waals surface area contributed by atoms with Crippen molar-refractivity contribution in [1.82, 2.24) is 10.3 Å². The summed E-state index contributed by atoms with van der Waals surface area (Å²) < 4.78 is 43.6. The molecule has 0 bridgehead atoms. The summed E-state index contributed by atoms with van der Waals surface area (Å²) >= 11 is 1.28. The highest BCUT2D eigenvalue weighted by Crippen LogP contribution is 2.35. The van der Waals surface area contributed by atoms with Gasteiger partial charge in [-0.1, -0.05) is 6.92 Å². The van der Waals surface area contributed by atoms with Gasteiger partial charge in [-0.15, -0.1) is 11.3 Å². The first-order chi connectivity index (χ1) is 16.4. The van der Waals surface area contributed by atoms with Gasteiger partial charge in [-0.05, 0) is 43.7 Å². The molecular weight excluding hydrogens is 466 g/mol. The summed E-state index contributed by atoms with van der Waals surface area (Å²) in [6, 6.07) is 6.88. The van der Waals surface area contributed by atoms with Crippen LogP contribution in [0.2, 0.25) is 0 Å². The van der Waals surface area contributed by atoms with Gasteiger partial charge in [-0.3, -0.25) is 9.78 Å². The molecular formula is C24H30F2N2O5S. The number of amides is 1. The summed E-state index contributed by atoms with van der Waals surface area (Å²) in [6.07, 6.45) is 4.22. The lowest BCUT2D eigenvalue weighted by Gasteiger charge is -2.14. The van der Waals surface area contributed by atoms with Gasteiger partial charge < -0.3 is 24.6 Å². The second kappa shape index (κ2) is 13.9. The molecule has 3 aromatic rings. The summed E-state index contributed by atoms with van der Waals surface area (Å²) in [4.78, 5) is 16.4. The van der Waals surface area contributed by atoms with Crippen LogP contribution in [-0.2, 0) is 15.4 Å². The van der Waals surface area contributed by atoms with Crippen LogP contribution in [0.5, 0.6) is 11.5 Å². The van der Waals surface area contributed by atoms with Crippen LogP contribution < -0.4 is 10.1 Å². The Morgan fingerprint density at radius 3 is 2.44 bits per heavy atom. The van der Waals surface area contributed by atoms with E-state index >= 15 is 0 Å². The van der Waals surface area contributed by atoms with Gasteiger partial charge in [0.2, 0.25) is 0 Å². The summed E-state index contributed by atoms with van der Waals surface area (Å²) in [6.45, 7) is 5.94. The van der Waals surface area contributed by atoms with E-state index in [0.29, 0.717) is 21.8 Å². The molecule has 10 heteroatoms. The molecule has 7 nitrogen and oxygen atoms in total. The van der Waals surface area contributed by atoms with Crippen LogP contribution in [-0.4, -0.2) is 56.1 Å². The number of thiophene rings is 1. The zero-order chi connectivity index (χ0) is 25.0. The third kappa shape index (κ3) is 7.98. The van der Waals surface area contributed by atoms with Crippen LogP contribution in [0.25, 0.3) is 10.1 Å². The number of carbonyl (C=O) groups is 1. The highest BCUT2D eigenvalue weighted by Gasteiger charge is 2.30. The van der Waals surface area contributed by atoms with E-state index in [1.165, 1.54) is 41.8 Å². The van der Waals surface area contributed by atoms with Crippen LogP contribution in [0.15, 0.2) is 42.7 Å². The average Bonchev–Trinajstić information content (AvgIpc) is 3.30. The number of hydrogen-bond donors (Lipinski definition) is 2. The lowest BCUT2D eigenvalue weighted by molar-refractivity contribution is -0.0556. The third-order valence-corrected chi connectivity index (χ3v) is 5.56. The molecule has 1 aromatic carbocycles. The number of alkyl halides is 2. The standard InChI is InChI=1S/C17H14F2N2O3S.C7H16O2/c1-20-16(23)14-6-12-13(7-21-8-15(12)25-14)24-11-4-2-10(3-5-11)17(18,19)9-22;1-3-5-9-7-6-8-4-2/h2-8,22H,9H2,1H3,(H,20,23);3-7H2,1-2H3. The van der Waals surface area contributed by atoms with E-state index < -0.39 is 12.5 Å². The molecule has 0 aliphatic heterocycles. The molecule has 0 radical (unpaired) electrons. The van der Waals surface area contributed by atoms with E-state index in [1.54, 1.807) is 19.3 Å². The zero-order valence-electron chi connectivity index (χ0n) is 19.5. The Hall–Kier alpha value is -2.66. The number of ether oxygens (including phenoxy) is 3. The van der Waals surface area contributed by atoms with E-state index in [9.17, 15) is 13.6 Å². The normalized spacial score (nSPS) is 11.1. The Labute approximate surface area is 201 Å². The summed E-state index contributed by atoms with van der Waals surface area (Å²) in [7, 11) is 1.55. The molecule has 2 heterocycles. The Morgan fingerprint density at radius 2 is 1.82 bits per heavy atom. The summed E-state index contributed by atoms with van der Waals surface area (Å²) in [5.74, 6) is -2.73. The molecule has 0 saturated carbocycles. The number of pyridine rings is 1. The fraction of sp³-hybridized carbons (Fsp3) is 0.417. The number of fused-ring (bicyclic) bond motifs is 1. The fourth-order valence-corrected chi connectivity index (χ4v) is 3.74. The van der Waals surface area contributed by atoms with Gasteiger partial charge in [-0.2, -0.15) is 8.78 Å². The Bertz CT molecular complexity index is 1020. The number of aromatic nitrogens is 1. The summed E-state index contributed by atoms with van der Waals surface area (Å²) in [5, 5.41) is 12.0. The maximum Gasteiger partial charge on any atom is 0.295 e. The second-order valence-corrected chi connectivity index (χ2v) is 8.12. The molecule has 1 amide bonds. The van der Waals surface area contributed by atoms with E-state index in [2.05, 4.69) is 17.2 Å². The number of rotatable bonds is 11. The molecule has 0 atom stereocenters. The third-order valence-electron chi connectivity index (χ3n) is 4.49. The minimum atomic E-state index is -3.30. The monoisotopic (exact) mass is 496 g/mol. The topological polar surface area (TPSA) is 89.9 Å². The molecule has 186 valence electrons. The van der Waals surface area contributed by atoms with Crippen molar-refractivity contribution in [3.05, 3.63) is 53.2 Å².